The zero-order valence-electron chi connectivity index (χ0n) is 2.63. The van der Waals surface area contributed by atoms with Crippen LogP contribution < -0.4 is 0 Å². The molecule has 3 nitrogen and oxygen atoms in total. The zero-order valence-corrected chi connectivity index (χ0v) is 3.44. The summed E-state index contributed by atoms with van der Waals surface area (Å²) in [5.41, 5.74) is 0. The molecular formula is HBFO3S. The lowest BCUT2D eigenvalue weighted by Crippen LogP contribution is -2.01. The van der Waals surface area contributed by atoms with E-state index in [4.69, 9.17) is 13.0 Å². The standard InChI is InChI=1S/BFHO3S/c2-1-6(3,4)5/h(H,3,4,5). The molecule has 6 heavy (non-hydrogen) atoms. The molecule has 0 fully saturated rings. The first kappa shape index (κ1) is 5.90. The van der Waals surface area contributed by atoms with Crippen LogP contribution in [0.1, 0.15) is 0 Å². The van der Waals surface area contributed by atoms with Gasteiger partial charge in [0.25, 0.3) is 9.97 Å². The lowest BCUT2D eigenvalue weighted by atomic mass is 10.6. The summed E-state index contributed by atoms with van der Waals surface area (Å²) < 4.78 is 36.2. The summed E-state index contributed by atoms with van der Waals surface area (Å²) in [6, 6.07) is 0. The predicted octanol–water partition coefficient (Wildman–Crippen LogP) is -0.622. The van der Waals surface area contributed by atoms with Gasteiger partial charge >= 0.3 is 6.84 Å². The fraction of sp³-hybridized carbons (Fsp3) is 0. The van der Waals surface area contributed by atoms with E-state index in [1.807, 2.05) is 0 Å². The van der Waals surface area contributed by atoms with Gasteiger partial charge in [0, 0.05) is 0 Å². The van der Waals surface area contributed by atoms with Gasteiger partial charge in [-0.3, -0.25) is 4.55 Å². The largest absolute Gasteiger partial charge is 0.544 e. The van der Waals surface area contributed by atoms with E-state index < -0.39 is 16.8 Å². The minimum absolute atomic E-state index is 0.785. The second kappa shape index (κ2) is 1.57. The van der Waals surface area contributed by atoms with Crippen LogP contribution in [-0.4, -0.2) is 19.8 Å². The van der Waals surface area contributed by atoms with Crippen LogP contribution in [0.25, 0.3) is 0 Å². The number of hydrogen-bond donors (Lipinski definition) is 1. The quantitative estimate of drug-likeness (QED) is 0.362. The minimum Gasteiger partial charge on any atom is -0.314 e. The Balaban J connectivity index is 3.85. The molecule has 0 aromatic rings. The number of rotatable bonds is 1. The molecule has 0 aliphatic rings. The fourth-order valence-electron chi connectivity index (χ4n) is 0. The van der Waals surface area contributed by atoms with E-state index in [0.717, 1.165) is 0 Å². The Bertz CT molecular complexity index is 113. The summed E-state index contributed by atoms with van der Waals surface area (Å²) >= 11 is 0. The fourth-order valence-corrected chi connectivity index (χ4v) is 0. The van der Waals surface area contributed by atoms with E-state index in [-0.39, 0.29) is 0 Å². The van der Waals surface area contributed by atoms with Crippen molar-refractivity contribution in [1.29, 1.82) is 0 Å². The molecule has 0 aromatic heterocycles. The predicted molar refractivity (Wildman–Crippen MR) is 18.4 cm³/mol. The molecule has 0 amide bonds. The van der Waals surface area contributed by atoms with Gasteiger partial charge in [0.05, 0.1) is 0 Å². The van der Waals surface area contributed by atoms with Crippen molar-refractivity contribution in [3.63, 3.8) is 0 Å². The molecule has 6 heteroatoms. The zero-order chi connectivity index (χ0) is 5.21. The van der Waals surface area contributed by atoms with Crippen LogP contribution in [-0.2, 0) is 9.97 Å². The molecule has 0 unspecified atom stereocenters. The molecule has 0 aliphatic carbocycles. The minimum atomic E-state index is -4.45. The summed E-state index contributed by atoms with van der Waals surface area (Å²) in [5.74, 6) is 0. The van der Waals surface area contributed by atoms with E-state index in [1.165, 1.54) is 0 Å². The highest BCUT2D eigenvalue weighted by Gasteiger charge is 2.05. The molecule has 0 aliphatic heterocycles. The van der Waals surface area contributed by atoms with Crippen molar-refractivity contribution in [2.75, 3.05) is 0 Å². The highest BCUT2D eigenvalue weighted by Crippen LogP contribution is 1.73. The van der Waals surface area contributed by atoms with Gasteiger partial charge in [-0.15, -0.1) is 0 Å². The summed E-state index contributed by atoms with van der Waals surface area (Å²) in [5, 5.41) is 0. The Kier molecular flexibility index (Phi) is 1.54. The highest BCUT2D eigenvalue weighted by molar-refractivity contribution is 8.09. The molecular weight excluding hydrogens is 110 g/mol. The number of halogens is 1. The molecule has 1 radical (unpaired) electrons. The third kappa shape index (κ3) is 3.90. The SMILES string of the molecule is O=S(=O)(O)[B]F. The van der Waals surface area contributed by atoms with Gasteiger partial charge in [0.1, 0.15) is 0 Å². The van der Waals surface area contributed by atoms with Gasteiger partial charge < -0.3 is 4.32 Å². The molecule has 1 N–H and O–H groups in total. The topological polar surface area (TPSA) is 54.4 Å². The molecule has 0 atom stereocenters. The maximum Gasteiger partial charge on any atom is 0.544 e. The van der Waals surface area contributed by atoms with E-state index >= 15 is 0 Å². The van der Waals surface area contributed by atoms with Crippen molar-refractivity contribution >= 4 is 16.8 Å². The average Bonchev–Trinajstić information content (AvgIpc) is 1.35. The van der Waals surface area contributed by atoms with Crippen LogP contribution in [0.2, 0.25) is 0 Å². The van der Waals surface area contributed by atoms with Crippen LogP contribution in [0.5, 0.6) is 0 Å². The summed E-state index contributed by atoms with van der Waals surface area (Å²) in [4.78, 5) is 0. The molecule has 0 saturated carbocycles. The lowest BCUT2D eigenvalue weighted by molar-refractivity contribution is 0.497. The summed E-state index contributed by atoms with van der Waals surface area (Å²) in [6.45, 7) is -0.785. The van der Waals surface area contributed by atoms with E-state index in [0.29, 0.717) is 0 Å². The van der Waals surface area contributed by atoms with Crippen molar-refractivity contribution in [2.45, 2.75) is 0 Å². The maximum atomic E-state index is 10.5. The molecule has 0 rings (SSSR count). The van der Waals surface area contributed by atoms with Crippen molar-refractivity contribution in [1.82, 2.24) is 0 Å². The van der Waals surface area contributed by atoms with Crippen molar-refractivity contribution in [3.8, 4) is 0 Å². The smallest absolute Gasteiger partial charge is 0.314 e. The van der Waals surface area contributed by atoms with Crippen molar-refractivity contribution < 1.29 is 17.3 Å². The summed E-state index contributed by atoms with van der Waals surface area (Å²) in [7, 11) is -4.45. The Labute approximate surface area is 35.1 Å². The Hall–Kier alpha value is -0.0951. The monoisotopic (exact) mass is 111 g/mol. The Morgan fingerprint density at radius 1 is 1.67 bits per heavy atom. The van der Waals surface area contributed by atoms with Gasteiger partial charge in [0.15, 0.2) is 0 Å². The van der Waals surface area contributed by atoms with Crippen molar-refractivity contribution in [3.05, 3.63) is 0 Å². The van der Waals surface area contributed by atoms with Crippen LogP contribution in [0, 0.1) is 0 Å². The van der Waals surface area contributed by atoms with E-state index in [1.54, 1.807) is 0 Å². The summed E-state index contributed by atoms with van der Waals surface area (Å²) in [6.07, 6.45) is 0. The van der Waals surface area contributed by atoms with Gasteiger partial charge in [-0.1, -0.05) is 0 Å². The first-order valence-corrected chi connectivity index (χ1v) is 2.47. The van der Waals surface area contributed by atoms with Gasteiger partial charge in [-0.2, -0.15) is 0 Å². The molecule has 0 bridgehead atoms. The van der Waals surface area contributed by atoms with Crippen LogP contribution >= 0.6 is 0 Å². The van der Waals surface area contributed by atoms with E-state index in [9.17, 15) is 4.32 Å². The lowest BCUT2D eigenvalue weighted by Gasteiger charge is -1.73. The van der Waals surface area contributed by atoms with Crippen molar-refractivity contribution in [2.24, 2.45) is 0 Å². The molecule has 0 heterocycles. The third-order valence-electron chi connectivity index (χ3n) is 0.113. The van der Waals surface area contributed by atoms with Crippen LogP contribution in [0.15, 0.2) is 0 Å². The van der Waals surface area contributed by atoms with Gasteiger partial charge in [-0.25, -0.2) is 8.42 Å². The van der Waals surface area contributed by atoms with Gasteiger partial charge in [-0.05, 0) is 0 Å². The highest BCUT2D eigenvalue weighted by atomic mass is 32.2. The average molecular weight is 111 g/mol. The second-order valence-electron chi connectivity index (χ2n) is 0.604. The first-order valence-electron chi connectivity index (χ1n) is 0.970. The molecule has 0 spiro atoms. The number of hydrogen-bond acceptors (Lipinski definition) is 2. The van der Waals surface area contributed by atoms with Gasteiger partial charge in [0.2, 0.25) is 0 Å². The normalized spacial score (nSPS) is 11.0. The Morgan fingerprint density at radius 3 is 1.83 bits per heavy atom. The van der Waals surface area contributed by atoms with Crippen LogP contribution in [0.3, 0.4) is 0 Å². The van der Waals surface area contributed by atoms with Crippen LogP contribution in [0.4, 0.5) is 4.32 Å². The first-order chi connectivity index (χ1) is 2.56. The molecule has 0 aromatic carbocycles. The molecule has 0 saturated heterocycles. The molecule has 35 valence electrons. The third-order valence-corrected chi connectivity index (χ3v) is 0.338. The Morgan fingerprint density at radius 2 is 1.83 bits per heavy atom. The van der Waals surface area contributed by atoms with E-state index in [2.05, 4.69) is 0 Å². The second-order valence-corrected chi connectivity index (χ2v) is 1.81. The maximum absolute atomic E-state index is 10.5.